The van der Waals surface area contributed by atoms with Gasteiger partial charge < -0.3 is 20.1 Å². The van der Waals surface area contributed by atoms with Crippen LogP contribution in [0.1, 0.15) is 90.0 Å². The van der Waals surface area contributed by atoms with Crippen molar-refractivity contribution >= 4 is 44.4 Å². The Morgan fingerprint density at radius 3 is 2.51 bits per heavy atom. The fourth-order valence-corrected chi connectivity index (χ4v) is 12.7. The van der Waals surface area contributed by atoms with Crippen molar-refractivity contribution in [2.75, 3.05) is 37.0 Å². The lowest BCUT2D eigenvalue weighted by Crippen LogP contribution is -2.64. The Balaban J connectivity index is 0.964. The number of hydrogen-bond acceptors (Lipinski definition) is 9. The Morgan fingerprint density at radius 2 is 1.75 bits per heavy atom. The van der Waals surface area contributed by atoms with E-state index in [1.165, 1.54) is 17.8 Å². The van der Waals surface area contributed by atoms with Crippen molar-refractivity contribution in [3.8, 4) is 11.1 Å². The van der Waals surface area contributed by atoms with Crippen molar-refractivity contribution in [3.05, 3.63) is 88.9 Å². The molecule has 5 aliphatic rings. The minimum atomic E-state index is -1.08. The van der Waals surface area contributed by atoms with Gasteiger partial charge in [0, 0.05) is 48.6 Å². The maximum atomic E-state index is 13.6. The van der Waals surface area contributed by atoms with Gasteiger partial charge in [0.1, 0.15) is 5.82 Å². The molecule has 1 amide bonds. The summed E-state index contributed by atoms with van der Waals surface area (Å²) in [6.07, 6.45) is 9.34. The molecule has 4 aliphatic carbocycles. The summed E-state index contributed by atoms with van der Waals surface area (Å²) in [5.74, 6) is -0.732. The number of carboxylic acid groups (broad SMARTS) is 1. The maximum absolute atomic E-state index is 13.6. The average molecular weight is 760 g/mol. The average Bonchev–Trinajstić information content (AvgIpc) is 3.71. The standard InChI is InChI=1S/C43H49N7O4S/c1-27-31(18-45-50(27)26-42-21-40(2)20-41(3,22-42)24-43(23-40,25-42)54-17-15-44-4)29-12-13-35(47-36(29)38(52)53)49-16-14-28-8-7-9-30(32(28)19-49)37(51)48-39-46-33-10-5-6-11-34(33)55-39/h5-13,18,44H,14-17,19-26H2,1-4H3,(H,52,53)(H,46,48,51). The molecule has 2 aromatic carbocycles. The zero-order chi connectivity index (χ0) is 38.2. The van der Waals surface area contributed by atoms with Gasteiger partial charge in [0.25, 0.3) is 5.91 Å². The fraction of sp³-hybridized carbons (Fsp3) is 0.465. The Labute approximate surface area is 325 Å². The summed E-state index contributed by atoms with van der Waals surface area (Å²) >= 11 is 1.45. The monoisotopic (exact) mass is 759 g/mol. The molecule has 0 saturated heterocycles. The van der Waals surface area contributed by atoms with Crippen LogP contribution in [0.15, 0.2) is 60.8 Å². The van der Waals surface area contributed by atoms with Crippen LogP contribution in [0.5, 0.6) is 0 Å². The van der Waals surface area contributed by atoms with Crippen LogP contribution in [-0.4, -0.2) is 69.1 Å². The molecule has 286 valence electrons. The number of carbonyl (C=O) groups excluding carboxylic acids is 1. The normalized spacial score (nSPS) is 26.7. The van der Waals surface area contributed by atoms with Crippen molar-refractivity contribution in [2.24, 2.45) is 16.2 Å². The molecular formula is C43H49N7O4S. The summed E-state index contributed by atoms with van der Waals surface area (Å²) in [6, 6.07) is 17.4. The fourth-order valence-electron chi connectivity index (χ4n) is 11.8. The minimum Gasteiger partial charge on any atom is -0.476 e. The number of amides is 1. The van der Waals surface area contributed by atoms with Gasteiger partial charge in [0.15, 0.2) is 10.8 Å². The number of anilines is 2. The van der Waals surface area contributed by atoms with Gasteiger partial charge in [-0.15, -0.1) is 0 Å². The van der Waals surface area contributed by atoms with Crippen LogP contribution in [0.4, 0.5) is 10.9 Å². The van der Waals surface area contributed by atoms with Crippen LogP contribution in [0.2, 0.25) is 0 Å². The molecule has 0 radical (unpaired) electrons. The van der Waals surface area contributed by atoms with Crippen molar-refractivity contribution in [2.45, 2.75) is 84.4 Å². The third-order valence-electron chi connectivity index (χ3n) is 12.7. The number of ether oxygens (including phenoxy) is 1. The first-order chi connectivity index (χ1) is 26.4. The molecule has 4 fully saturated rings. The van der Waals surface area contributed by atoms with Crippen molar-refractivity contribution in [1.29, 1.82) is 0 Å². The molecule has 0 spiro atoms. The van der Waals surface area contributed by atoms with Crippen LogP contribution in [0.25, 0.3) is 21.3 Å². The van der Waals surface area contributed by atoms with Gasteiger partial charge in [-0.05, 0) is 117 Å². The lowest BCUT2D eigenvalue weighted by atomic mass is 9.39. The highest BCUT2D eigenvalue weighted by molar-refractivity contribution is 7.22. The number of likely N-dealkylation sites (N-methyl/N-ethyl adjacent to an activating group) is 1. The summed E-state index contributed by atoms with van der Waals surface area (Å²) in [5.41, 5.74) is 6.17. The number of para-hydroxylation sites is 1. The third-order valence-corrected chi connectivity index (χ3v) is 13.7. The van der Waals surface area contributed by atoms with E-state index in [1.807, 2.05) is 68.7 Å². The zero-order valence-electron chi connectivity index (χ0n) is 32.1. The topological polar surface area (TPSA) is 134 Å². The van der Waals surface area contributed by atoms with E-state index in [4.69, 9.17) is 14.8 Å². The summed E-state index contributed by atoms with van der Waals surface area (Å²) in [5, 5.41) is 22.2. The Bertz CT molecular complexity index is 2280. The van der Waals surface area contributed by atoms with Crippen molar-refractivity contribution in [3.63, 3.8) is 0 Å². The molecular weight excluding hydrogens is 711 g/mol. The van der Waals surface area contributed by atoms with Gasteiger partial charge in [0.05, 0.1) is 28.6 Å². The number of nitrogens with zero attached hydrogens (tertiary/aromatic N) is 5. The number of hydrogen-bond donors (Lipinski definition) is 3. The quantitative estimate of drug-likeness (QED) is 0.116. The SMILES string of the molecule is CNCCOC12CC3(C)CC(C)(CC(Cn4ncc(-c5ccc(N6CCc7cccc(C(=O)Nc8nc9ccccc9s8)c7C6)nc5C(=O)O)c4C)(C3)C1)C2. The summed E-state index contributed by atoms with van der Waals surface area (Å²) in [4.78, 5) is 37.9. The molecule has 1 aliphatic heterocycles. The van der Waals surface area contributed by atoms with Gasteiger partial charge in [-0.3, -0.25) is 14.8 Å². The molecule has 5 aromatic rings. The van der Waals surface area contributed by atoms with Gasteiger partial charge in [0.2, 0.25) is 0 Å². The number of pyridine rings is 1. The molecule has 10 rings (SSSR count). The maximum Gasteiger partial charge on any atom is 0.355 e. The molecule has 2 atom stereocenters. The molecule has 4 heterocycles. The van der Waals surface area contributed by atoms with E-state index in [2.05, 4.69) is 45.1 Å². The van der Waals surface area contributed by atoms with Gasteiger partial charge in [-0.2, -0.15) is 5.10 Å². The van der Waals surface area contributed by atoms with E-state index in [0.29, 0.717) is 41.6 Å². The zero-order valence-corrected chi connectivity index (χ0v) is 32.9. The molecule has 11 nitrogen and oxygen atoms in total. The first-order valence-electron chi connectivity index (χ1n) is 19.5. The minimum absolute atomic E-state index is 0.000440. The summed E-state index contributed by atoms with van der Waals surface area (Å²) < 4.78 is 9.88. The highest BCUT2D eigenvalue weighted by Crippen LogP contribution is 2.72. The van der Waals surface area contributed by atoms with E-state index in [0.717, 1.165) is 84.4 Å². The number of aromatic carboxylic acids is 1. The van der Waals surface area contributed by atoms with Gasteiger partial charge in [-0.1, -0.05) is 49.4 Å². The molecule has 12 heteroatoms. The second-order valence-corrected chi connectivity index (χ2v) is 18.6. The summed E-state index contributed by atoms with van der Waals surface area (Å²) in [7, 11) is 1.97. The smallest absolute Gasteiger partial charge is 0.355 e. The molecule has 4 saturated carbocycles. The molecule has 3 aromatic heterocycles. The lowest BCUT2D eigenvalue weighted by molar-refractivity contribution is -0.247. The van der Waals surface area contributed by atoms with Crippen molar-refractivity contribution in [1.82, 2.24) is 25.1 Å². The number of carbonyl (C=O) groups is 2. The number of aromatic nitrogens is 4. The van der Waals surface area contributed by atoms with E-state index in [-0.39, 0.29) is 33.4 Å². The third kappa shape index (κ3) is 6.51. The molecule has 55 heavy (non-hydrogen) atoms. The van der Waals surface area contributed by atoms with E-state index in [9.17, 15) is 14.7 Å². The second kappa shape index (κ2) is 13.2. The predicted molar refractivity (Wildman–Crippen MR) is 215 cm³/mol. The highest BCUT2D eigenvalue weighted by atomic mass is 32.1. The van der Waals surface area contributed by atoms with Crippen LogP contribution < -0.4 is 15.5 Å². The Morgan fingerprint density at radius 1 is 0.945 bits per heavy atom. The van der Waals surface area contributed by atoms with Crippen LogP contribution >= 0.6 is 11.3 Å². The Kier molecular flexibility index (Phi) is 8.67. The molecule has 3 N–H and O–H groups in total. The lowest BCUT2D eigenvalue weighted by Gasteiger charge is -2.69. The first kappa shape index (κ1) is 36.0. The van der Waals surface area contributed by atoms with Crippen LogP contribution in [0, 0.1) is 23.2 Å². The number of rotatable bonds is 11. The van der Waals surface area contributed by atoms with E-state index < -0.39 is 5.97 Å². The van der Waals surface area contributed by atoms with E-state index in [1.54, 1.807) is 0 Å². The number of fused-ring (bicyclic) bond motifs is 2. The second-order valence-electron chi connectivity index (χ2n) is 17.5. The molecule has 4 bridgehead atoms. The number of carboxylic acids is 1. The molecule has 2 unspecified atom stereocenters. The van der Waals surface area contributed by atoms with Gasteiger partial charge >= 0.3 is 5.97 Å². The Hall–Kier alpha value is -4.65. The summed E-state index contributed by atoms with van der Waals surface area (Å²) in [6.45, 7) is 10.4. The number of benzene rings is 2. The number of thiazole rings is 1. The predicted octanol–water partition coefficient (Wildman–Crippen LogP) is 7.73. The number of nitrogens with one attached hydrogen (secondary N) is 2. The van der Waals surface area contributed by atoms with E-state index >= 15 is 0 Å². The highest BCUT2D eigenvalue weighted by Gasteiger charge is 2.66. The largest absolute Gasteiger partial charge is 0.476 e. The van der Waals surface area contributed by atoms with Crippen LogP contribution in [-0.2, 0) is 24.2 Å². The first-order valence-corrected chi connectivity index (χ1v) is 20.3. The van der Waals surface area contributed by atoms with Crippen LogP contribution in [0.3, 0.4) is 0 Å². The van der Waals surface area contributed by atoms with Gasteiger partial charge in [-0.25, -0.2) is 14.8 Å². The van der Waals surface area contributed by atoms with Crippen molar-refractivity contribution < 1.29 is 19.4 Å².